The summed E-state index contributed by atoms with van der Waals surface area (Å²) >= 11 is 0. The Morgan fingerprint density at radius 3 is 2.76 bits per heavy atom. The zero-order chi connectivity index (χ0) is 12.8. The van der Waals surface area contributed by atoms with Crippen LogP contribution in [0.4, 0.5) is 5.69 Å². The summed E-state index contributed by atoms with van der Waals surface area (Å²) in [6.45, 7) is 2.30. The molecular weight excluding hydrogens is 226 g/mol. The highest BCUT2D eigenvalue weighted by molar-refractivity contribution is 5.88. The third kappa shape index (κ3) is 3.44. The normalized spacial score (nSPS) is 9.94. The number of nitro benzene ring substituents is 1. The van der Waals surface area contributed by atoms with Crippen LogP contribution < -0.4 is 4.74 Å². The van der Waals surface area contributed by atoms with Gasteiger partial charge in [0.25, 0.3) is 0 Å². The fraction of sp³-hybridized carbons (Fsp3) is 0.364. The van der Waals surface area contributed by atoms with Crippen molar-refractivity contribution in [2.24, 2.45) is 0 Å². The number of carbonyl (C=O) groups is 1. The number of nitro groups is 1. The van der Waals surface area contributed by atoms with Crippen molar-refractivity contribution in [1.82, 2.24) is 0 Å². The molecule has 1 aromatic carbocycles. The number of rotatable bonds is 6. The molecule has 1 rings (SSSR count). The summed E-state index contributed by atoms with van der Waals surface area (Å²) in [5, 5.41) is 19.5. The highest BCUT2D eigenvalue weighted by atomic mass is 16.6. The topological polar surface area (TPSA) is 89.7 Å². The van der Waals surface area contributed by atoms with E-state index in [0.717, 1.165) is 18.9 Å². The SMILES string of the molecule is CCCCOc1cc(C(=O)O)ccc1[N+](=O)[O-]. The van der Waals surface area contributed by atoms with Gasteiger partial charge in [-0.3, -0.25) is 10.1 Å². The molecule has 1 N–H and O–H groups in total. The summed E-state index contributed by atoms with van der Waals surface area (Å²) in [6.07, 6.45) is 1.65. The van der Waals surface area contributed by atoms with Gasteiger partial charge in [-0.25, -0.2) is 4.79 Å². The first-order valence-electron chi connectivity index (χ1n) is 5.20. The van der Waals surface area contributed by atoms with Crippen molar-refractivity contribution < 1.29 is 19.6 Å². The molecule has 0 spiro atoms. The van der Waals surface area contributed by atoms with Gasteiger partial charge in [-0.2, -0.15) is 0 Å². The quantitative estimate of drug-likeness (QED) is 0.468. The predicted molar refractivity (Wildman–Crippen MR) is 60.5 cm³/mol. The van der Waals surface area contributed by atoms with Crippen molar-refractivity contribution in [2.45, 2.75) is 19.8 Å². The van der Waals surface area contributed by atoms with Gasteiger partial charge < -0.3 is 9.84 Å². The maximum Gasteiger partial charge on any atom is 0.335 e. The molecule has 0 aromatic heterocycles. The molecule has 6 nitrogen and oxygen atoms in total. The van der Waals surface area contributed by atoms with Crippen LogP contribution in [0, 0.1) is 10.1 Å². The molecule has 0 aliphatic rings. The number of aromatic carboxylic acids is 1. The maximum atomic E-state index is 10.7. The van der Waals surface area contributed by atoms with Crippen molar-refractivity contribution in [1.29, 1.82) is 0 Å². The number of nitrogens with zero attached hydrogens (tertiary/aromatic N) is 1. The Hall–Kier alpha value is -2.11. The zero-order valence-corrected chi connectivity index (χ0v) is 9.38. The van der Waals surface area contributed by atoms with E-state index in [1.165, 1.54) is 12.1 Å². The van der Waals surface area contributed by atoms with Crippen LogP contribution in [0.1, 0.15) is 30.1 Å². The van der Waals surface area contributed by atoms with Crippen LogP contribution in [-0.2, 0) is 0 Å². The summed E-state index contributed by atoms with van der Waals surface area (Å²) < 4.78 is 5.22. The second-order valence-electron chi connectivity index (χ2n) is 3.45. The Kier molecular flexibility index (Phi) is 4.45. The van der Waals surface area contributed by atoms with Gasteiger partial charge in [-0.05, 0) is 12.5 Å². The molecule has 0 radical (unpaired) electrons. The van der Waals surface area contributed by atoms with Crippen molar-refractivity contribution in [2.75, 3.05) is 6.61 Å². The van der Waals surface area contributed by atoms with Crippen LogP contribution in [0.3, 0.4) is 0 Å². The molecule has 0 bridgehead atoms. The first kappa shape index (κ1) is 13.0. The molecule has 0 atom stereocenters. The van der Waals surface area contributed by atoms with Gasteiger partial charge >= 0.3 is 11.7 Å². The minimum atomic E-state index is -1.14. The number of unbranched alkanes of at least 4 members (excludes halogenated alkanes) is 1. The van der Waals surface area contributed by atoms with Gasteiger partial charge in [0, 0.05) is 12.1 Å². The van der Waals surface area contributed by atoms with Crippen LogP contribution in [0.15, 0.2) is 18.2 Å². The lowest BCUT2D eigenvalue weighted by Crippen LogP contribution is -2.03. The molecule has 0 aliphatic carbocycles. The summed E-state index contributed by atoms with van der Waals surface area (Å²) in [4.78, 5) is 20.9. The van der Waals surface area contributed by atoms with E-state index in [2.05, 4.69) is 0 Å². The van der Waals surface area contributed by atoms with E-state index in [1.807, 2.05) is 6.92 Å². The molecule has 0 saturated carbocycles. The molecule has 1 aromatic rings. The van der Waals surface area contributed by atoms with Crippen molar-refractivity contribution >= 4 is 11.7 Å². The fourth-order valence-electron chi connectivity index (χ4n) is 1.24. The van der Waals surface area contributed by atoms with Crippen LogP contribution in [0.25, 0.3) is 0 Å². The Morgan fingerprint density at radius 2 is 2.24 bits per heavy atom. The van der Waals surface area contributed by atoms with Crippen LogP contribution in [-0.4, -0.2) is 22.6 Å². The Balaban J connectivity index is 2.98. The zero-order valence-electron chi connectivity index (χ0n) is 9.38. The number of ether oxygens (including phenoxy) is 1. The number of carboxylic acids is 1. The summed E-state index contributed by atoms with van der Waals surface area (Å²) in [7, 11) is 0. The third-order valence-corrected chi connectivity index (χ3v) is 2.16. The Morgan fingerprint density at radius 1 is 1.53 bits per heavy atom. The molecular formula is C11H13NO5. The van der Waals surface area contributed by atoms with Gasteiger partial charge in [0.15, 0.2) is 5.75 Å². The van der Waals surface area contributed by atoms with Gasteiger partial charge in [0.2, 0.25) is 0 Å². The smallest absolute Gasteiger partial charge is 0.335 e. The van der Waals surface area contributed by atoms with Crippen molar-refractivity contribution in [3.8, 4) is 5.75 Å². The molecule has 0 amide bonds. The summed E-state index contributed by atoms with van der Waals surface area (Å²) in [5.74, 6) is -1.14. The Bertz CT molecular complexity index is 430. The van der Waals surface area contributed by atoms with E-state index in [4.69, 9.17) is 9.84 Å². The van der Waals surface area contributed by atoms with E-state index in [0.29, 0.717) is 6.61 Å². The summed E-state index contributed by atoms with van der Waals surface area (Å²) in [6, 6.07) is 3.51. The highest BCUT2D eigenvalue weighted by Gasteiger charge is 2.17. The average molecular weight is 239 g/mol. The van der Waals surface area contributed by atoms with Crippen LogP contribution in [0.5, 0.6) is 5.75 Å². The third-order valence-electron chi connectivity index (χ3n) is 2.16. The van der Waals surface area contributed by atoms with Gasteiger partial charge in [0.1, 0.15) is 0 Å². The van der Waals surface area contributed by atoms with Gasteiger partial charge in [-0.1, -0.05) is 13.3 Å². The van der Waals surface area contributed by atoms with Crippen LogP contribution >= 0.6 is 0 Å². The van der Waals surface area contributed by atoms with Crippen molar-refractivity contribution in [3.05, 3.63) is 33.9 Å². The fourth-order valence-corrected chi connectivity index (χ4v) is 1.24. The van der Waals surface area contributed by atoms with Gasteiger partial charge in [0.05, 0.1) is 17.1 Å². The average Bonchev–Trinajstić information content (AvgIpc) is 2.28. The molecule has 0 aliphatic heterocycles. The molecule has 6 heteroatoms. The summed E-state index contributed by atoms with van der Waals surface area (Å²) in [5.41, 5.74) is -0.242. The molecule has 0 saturated heterocycles. The van der Waals surface area contributed by atoms with E-state index in [-0.39, 0.29) is 17.0 Å². The monoisotopic (exact) mass is 239 g/mol. The molecule has 92 valence electrons. The largest absolute Gasteiger partial charge is 0.487 e. The maximum absolute atomic E-state index is 10.7. The number of benzene rings is 1. The van der Waals surface area contributed by atoms with Crippen LogP contribution in [0.2, 0.25) is 0 Å². The number of carboxylic acid groups (broad SMARTS) is 1. The first-order chi connectivity index (χ1) is 8.06. The lowest BCUT2D eigenvalue weighted by molar-refractivity contribution is -0.385. The predicted octanol–water partition coefficient (Wildman–Crippen LogP) is 2.47. The van der Waals surface area contributed by atoms with E-state index < -0.39 is 10.9 Å². The first-order valence-corrected chi connectivity index (χ1v) is 5.20. The second kappa shape index (κ2) is 5.83. The molecule has 0 unspecified atom stereocenters. The lowest BCUT2D eigenvalue weighted by atomic mass is 10.2. The Labute approximate surface area is 98.0 Å². The number of hydrogen-bond donors (Lipinski definition) is 1. The second-order valence-corrected chi connectivity index (χ2v) is 3.45. The molecule has 17 heavy (non-hydrogen) atoms. The number of hydrogen-bond acceptors (Lipinski definition) is 4. The van der Waals surface area contributed by atoms with E-state index in [1.54, 1.807) is 0 Å². The molecule has 0 heterocycles. The minimum Gasteiger partial charge on any atom is -0.487 e. The lowest BCUT2D eigenvalue weighted by Gasteiger charge is -2.06. The van der Waals surface area contributed by atoms with E-state index in [9.17, 15) is 14.9 Å². The highest BCUT2D eigenvalue weighted by Crippen LogP contribution is 2.28. The molecule has 0 fully saturated rings. The van der Waals surface area contributed by atoms with E-state index >= 15 is 0 Å². The van der Waals surface area contributed by atoms with Crippen molar-refractivity contribution in [3.63, 3.8) is 0 Å². The van der Waals surface area contributed by atoms with Gasteiger partial charge in [-0.15, -0.1) is 0 Å². The standard InChI is InChI=1S/C11H13NO5/c1-2-3-6-17-10-7-8(11(13)14)4-5-9(10)12(15)16/h4-5,7H,2-3,6H2,1H3,(H,13,14). The minimum absolute atomic E-state index is 0.00310.